The molecule has 0 bridgehead atoms. The van der Waals surface area contributed by atoms with Gasteiger partial charge in [0.2, 0.25) is 10.4 Å². The Morgan fingerprint density at radius 2 is 1.22 bits per heavy atom. The minimum atomic E-state index is -4.92. The van der Waals surface area contributed by atoms with E-state index in [1.54, 1.807) is 0 Å². The molecule has 0 atom stereocenters. The molecule has 0 aromatic carbocycles. The number of hydrogen-bond donors (Lipinski definition) is 2. The van der Waals surface area contributed by atoms with Crippen molar-refractivity contribution in [2.24, 2.45) is 0 Å². The van der Waals surface area contributed by atoms with E-state index >= 15 is 0 Å². The van der Waals surface area contributed by atoms with E-state index in [2.05, 4.69) is 0 Å². The maximum Gasteiger partial charge on any atom is 1.00 e. The molecular weight excluding hydrogens is 172 g/mol. The Hall–Kier alpha value is 1.79. The van der Waals surface area contributed by atoms with Crippen LogP contribution in [0.3, 0.4) is 0 Å². The molecule has 0 saturated carbocycles. The predicted molar refractivity (Wildman–Crippen MR) is 19.3 cm³/mol. The molecule has 6 nitrogen and oxygen atoms in total. The molecule has 0 aliphatic rings. The van der Waals surface area contributed by atoms with Gasteiger partial charge < -0.3 is 16.2 Å². The molecule has 0 amide bonds. The average Bonchev–Trinajstić information content (AvgIpc) is 0.722. The fourth-order valence-electron chi connectivity index (χ4n) is 0. The molecule has 0 unspecified atom stereocenters. The van der Waals surface area contributed by atoms with Crippen molar-refractivity contribution in [3.05, 3.63) is 0 Å². The van der Waals surface area contributed by atoms with E-state index in [1.165, 1.54) is 0 Å². The Bertz CT molecular complexity index is 98.1. The van der Waals surface area contributed by atoms with Gasteiger partial charge in [0, 0.05) is 0 Å². The fourth-order valence-corrected chi connectivity index (χ4v) is 0. The van der Waals surface area contributed by atoms with Gasteiger partial charge in [-0.1, -0.05) is 0 Å². The molecule has 0 saturated heterocycles. The quantitative estimate of drug-likeness (QED) is 0.214. The van der Waals surface area contributed by atoms with E-state index < -0.39 is 10.4 Å². The van der Waals surface area contributed by atoms with Gasteiger partial charge in [0.05, 0.1) is 0 Å². The van der Waals surface area contributed by atoms with Gasteiger partial charge in [-0.05, 0) is 0 Å². The van der Waals surface area contributed by atoms with Crippen LogP contribution in [-0.4, -0.2) is 23.0 Å². The Kier molecular flexibility index (Phi) is 42.7. The minimum absolute atomic E-state index is 0. The summed E-state index contributed by atoms with van der Waals surface area (Å²) in [5, 5.41) is 0. The summed E-state index contributed by atoms with van der Waals surface area (Å²) >= 11 is 0. The maximum absolute atomic E-state index is 8.63. The molecule has 0 aromatic rings. The Balaban J connectivity index is -0.0000000133. The van der Waals surface area contributed by atoms with Crippen LogP contribution in [0.4, 0.5) is 0 Å². The van der Waals surface area contributed by atoms with Gasteiger partial charge in [0.15, 0.2) is 0 Å². The second-order valence-corrected chi connectivity index (χ2v) is 1.28. The SMILES string of the molecule is N.O=S(=O)([O-])O.[Na+].[Na+].[OH-]. The van der Waals surface area contributed by atoms with E-state index in [-0.39, 0.29) is 70.7 Å². The topological polar surface area (TPSA) is 142 Å². The van der Waals surface area contributed by atoms with Crippen molar-refractivity contribution in [1.29, 1.82) is 0 Å². The Morgan fingerprint density at radius 3 is 1.22 bits per heavy atom. The third-order valence-electron chi connectivity index (χ3n) is 0. The molecule has 0 heterocycles. The summed E-state index contributed by atoms with van der Waals surface area (Å²) in [5.74, 6) is 0. The van der Waals surface area contributed by atoms with Crippen molar-refractivity contribution in [2.75, 3.05) is 0 Å². The van der Waals surface area contributed by atoms with Crippen molar-refractivity contribution in [2.45, 2.75) is 0 Å². The first kappa shape index (κ1) is 30.8. The van der Waals surface area contributed by atoms with Crippen molar-refractivity contribution in [3.8, 4) is 0 Å². The van der Waals surface area contributed by atoms with Gasteiger partial charge in [0.1, 0.15) is 0 Å². The van der Waals surface area contributed by atoms with Gasteiger partial charge in [-0.25, -0.2) is 8.42 Å². The first-order valence-electron chi connectivity index (χ1n) is 0.683. The van der Waals surface area contributed by atoms with Crippen LogP contribution in [0.15, 0.2) is 0 Å². The summed E-state index contributed by atoms with van der Waals surface area (Å²) < 4.78 is 32.8. The molecule has 0 rings (SSSR count). The zero-order valence-corrected chi connectivity index (χ0v) is 10.1. The summed E-state index contributed by atoms with van der Waals surface area (Å²) in [4.78, 5) is 0. The van der Waals surface area contributed by atoms with Crippen LogP contribution < -0.4 is 65.3 Å². The van der Waals surface area contributed by atoms with Gasteiger partial charge in [0.25, 0.3) is 0 Å². The number of rotatable bonds is 0. The molecule has 0 radical (unpaired) electrons. The van der Waals surface area contributed by atoms with E-state index in [0.29, 0.717) is 0 Å². The summed E-state index contributed by atoms with van der Waals surface area (Å²) in [5.41, 5.74) is 0. The van der Waals surface area contributed by atoms with E-state index in [4.69, 9.17) is 17.5 Å². The molecule has 5 N–H and O–H groups in total. The van der Waals surface area contributed by atoms with Crippen LogP contribution in [0.2, 0.25) is 0 Å². The molecule has 0 aromatic heterocycles. The first-order chi connectivity index (χ1) is 2.00. The summed E-state index contributed by atoms with van der Waals surface area (Å²) in [6.07, 6.45) is 0. The van der Waals surface area contributed by atoms with E-state index in [1.807, 2.05) is 0 Å². The Labute approximate surface area is 97.4 Å². The largest absolute Gasteiger partial charge is 1.00 e. The van der Waals surface area contributed by atoms with Crippen molar-refractivity contribution in [1.82, 2.24) is 6.15 Å². The van der Waals surface area contributed by atoms with E-state index in [9.17, 15) is 0 Å². The molecule has 9 heteroatoms. The second-order valence-electron chi connectivity index (χ2n) is 0.428. The van der Waals surface area contributed by atoms with Crippen LogP contribution in [0.5, 0.6) is 0 Å². The van der Waals surface area contributed by atoms with E-state index in [0.717, 1.165) is 0 Å². The molecule has 9 heavy (non-hydrogen) atoms. The zero-order chi connectivity index (χ0) is 4.50. The molecular formula is H5NNa2O5S. The normalized spacial score (nSPS) is 6.44. The summed E-state index contributed by atoms with van der Waals surface area (Å²) in [7, 11) is -4.92. The number of hydrogen-bond acceptors (Lipinski definition) is 5. The average molecular weight is 177 g/mol. The fraction of sp³-hybridized carbons (Fsp3) is 0. The van der Waals surface area contributed by atoms with Gasteiger partial charge in [-0.3, -0.25) is 4.55 Å². The van der Waals surface area contributed by atoms with Crippen molar-refractivity contribution in [3.63, 3.8) is 0 Å². The van der Waals surface area contributed by atoms with Crippen molar-refractivity contribution >= 4 is 10.4 Å². The van der Waals surface area contributed by atoms with Crippen LogP contribution in [-0.2, 0) is 10.4 Å². The third-order valence-corrected chi connectivity index (χ3v) is 0. The van der Waals surface area contributed by atoms with Crippen molar-refractivity contribution < 1.29 is 82.1 Å². The summed E-state index contributed by atoms with van der Waals surface area (Å²) in [6, 6.07) is 0. The third kappa shape index (κ3) is 185. The zero-order valence-electron chi connectivity index (χ0n) is 5.23. The molecule has 48 valence electrons. The smallest absolute Gasteiger partial charge is 0.870 e. The molecule has 0 aliphatic carbocycles. The predicted octanol–water partition coefficient (Wildman–Crippen LogP) is -7.00. The minimum Gasteiger partial charge on any atom is -0.870 e. The molecule has 0 fully saturated rings. The molecule has 0 aliphatic heterocycles. The van der Waals surface area contributed by atoms with Crippen LogP contribution in [0.1, 0.15) is 0 Å². The summed E-state index contributed by atoms with van der Waals surface area (Å²) in [6.45, 7) is 0. The standard InChI is InChI=1S/H3N.2Na.H2O4S.H2O/c;;;1-5(2,3)4;/h1H3;;;(H2,1,2,3,4);1H2/q;2*+1;;/p-2. The maximum atomic E-state index is 8.63. The van der Waals surface area contributed by atoms with Gasteiger partial charge >= 0.3 is 59.1 Å². The van der Waals surface area contributed by atoms with Gasteiger partial charge in [-0.15, -0.1) is 0 Å². The Morgan fingerprint density at radius 1 is 1.22 bits per heavy atom. The van der Waals surface area contributed by atoms with Crippen LogP contribution in [0, 0.1) is 0 Å². The van der Waals surface area contributed by atoms with Crippen LogP contribution >= 0.6 is 0 Å². The molecule has 0 spiro atoms. The van der Waals surface area contributed by atoms with Crippen LogP contribution in [0.25, 0.3) is 0 Å². The van der Waals surface area contributed by atoms with Gasteiger partial charge in [-0.2, -0.15) is 0 Å². The first-order valence-corrected chi connectivity index (χ1v) is 2.05. The second kappa shape index (κ2) is 12.5. The monoisotopic (exact) mass is 177 g/mol.